The van der Waals surface area contributed by atoms with Gasteiger partial charge < -0.3 is 0 Å². The highest BCUT2D eigenvalue weighted by molar-refractivity contribution is 6.41. The second kappa shape index (κ2) is 6.77. The van der Waals surface area contributed by atoms with E-state index in [9.17, 15) is 13.2 Å². The summed E-state index contributed by atoms with van der Waals surface area (Å²) >= 11 is 17.7. The van der Waals surface area contributed by atoms with Crippen LogP contribution in [0.1, 0.15) is 11.1 Å². The molecule has 0 aliphatic heterocycles. The number of hydrogen-bond donors (Lipinski definition) is 1. The maximum atomic E-state index is 12.4. The summed E-state index contributed by atoms with van der Waals surface area (Å²) in [5, 5.41) is 4.83. The smallest absolute Gasteiger partial charge is 0.275 e. The molecule has 22 heavy (non-hydrogen) atoms. The van der Waals surface area contributed by atoms with Crippen molar-refractivity contribution in [3.8, 4) is 0 Å². The van der Waals surface area contributed by atoms with Crippen LogP contribution in [-0.2, 0) is 6.18 Å². The van der Waals surface area contributed by atoms with Crippen LogP contribution in [0.5, 0.6) is 0 Å². The van der Waals surface area contributed by atoms with Gasteiger partial charge in [0.05, 0.1) is 27.5 Å². The van der Waals surface area contributed by atoms with E-state index in [0.717, 1.165) is 12.1 Å². The number of halogens is 6. The van der Waals surface area contributed by atoms with Gasteiger partial charge in [-0.05, 0) is 29.8 Å². The number of nitrogens with one attached hydrogen (secondary N) is 1. The topological polar surface area (TPSA) is 24.4 Å². The van der Waals surface area contributed by atoms with Crippen LogP contribution in [-0.4, -0.2) is 6.21 Å². The quantitative estimate of drug-likeness (QED) is 0.513. The van der Waals surface area contributed by atoms with E-state index in [1.165, 1.54) is 30.5 Å². The number of anilines is 1. The molecule has 0 aliphatic rings. The molecule has 0 saturated carbocycles. The van der Waals surface area contributed by atoms with Crippen LogP contribution in [0.15, 0.2) is 41.5 Å². The summed E-state index contributed by atoms with van der Waals surface area (Å²) in [6.07, 6.45) is -3.01. The van der Waals surface area contributed by atoms with E-state index in [1.54, 1.807) is 0 Å². The van der Waals surface area contributed by atoms with Crippen molar-refractivity contribution in [3.05, 3.63) is 62.6 Å². The van der Waals surface area contributed by atoms with Crippen LogP contribution >= 0.6 is 34.8 Å². The van der Waals surface area contributed by atoms with Crippen LogP contribution < -0.4 is 5.43 Å². The highest BCUT2D eigenvalue weighted by atomic mass is 35.5. The first-order chi connectivity index (χ1) is 10.3. The second-order valence-electron chi connectivity index (χ2n) is 4.23. The molecule has 2 rings (SSSR count). The number of rotatable bonds is 3. The van der Waals surface area contributed by atoms with E-state index in [1.807, 2.05) is 0 Å². The van der Waals surface area contributed by atoms with Crippen LogP contribution in [0, 0.1) is 0 Å². The molecule has 0 amide bonds. The van der Waals surface area contributed by atoms with E-state index < -0.39 is 11.7 Å². The Bertz CT molecular complexity index is 674. The van der Waals surface area contributed by atoms with Crippen molar-refractivity contribution in [3.63, 3.8) is 0 Å². The molecular weight excluding hydrogens is 360 g/mol. The minimum atomic E-state index is -4.36. The van der Waals surface area contributed by atoms with Crippen LogP contribution in [0.3, 0.4) is 0 Å². The standard InChI is InChI=1S/C14H8Cl3F3N2/c15-10-5-11(16)13(12(17)6-10)22-21-7-8-1-3-9(4-2-8)14(18,19)20/h1-7,22H. The Labute approximate surface area is 139 Å². The Kier molecular flexibility index (Phi) is 5.21. The SMILES string of the molecule is FC(F)(F)c1ccc(C=NNc2c(Cl)cc(Cl)cc2Cl)cc1. The number of hydrogen-bond acceptors (Lipinski definition) is 2. The molecule has 0 aromatic heterocycles. The number of benzene rings is 2. The van der Waals surface area contributed by atoms with Gasteiger partial charge in [0.2, 0.25) is 0 Å². The average Bonchev–Trinajstić information content (AvgIpc) is 2.41. The summed E-state index contributed by atoms with van der Waals surface area (Å²) in [7, 11) is 0. The first-order valence-electron chi connectivity index (χ1n) is 5.88. The van der Waals surface area contributed by atoms with Gasteiger partial charge in [-0.15, -0.1) is 0 Å². The summed E-state index contributed by atoms with van der Waals surface area (Å²) in [4.78, 5) is 0. The van der Waals surface area contributed by atoms with E-state index in [4.69, 9.17) is 34.8 Å². The molecule has 2 aromatic rings. The third kappa shape index (κ3) is 4.29. The first-order valence-corrected chi connectivity index (χ1v) is 7.01. The van der Waals surface area contributed by atoms with Crippen molar-refractivity contribution in [2.45, 2.75) is 6.18 Å². The van der Waals surface area contributed by atoms with Gasteiger partial charge in [0.25, 0.3) is 0 Å². The maximum absolute atomic E-state index is 12.4. The molecular formula is C14H8Cl3F3N2. The monoisotopic (exact) mass is 366 g/mol. The van der Waals surface area contributed by atoms with Crippen molar-refractivity contribution in [1.29, 1.82) is 0 Å². The molecule has 2 aromatic carbocycles. The molecule has 0 unspecified atom stereocenters. The molecule has 0 atom stereocenters. The predicted molar refractivity (Wildman–Crippen MR) is 84.1 cm³/mol. The fourth-order valence-corrected chi connectivity index (χ4v) is 2.48. The number of alkyl halides is 3. The maximum Gasteiger partial charge on any atom is 0.416 e. The van der Waals surface area contributed by atoms with Gasteiger partial charge in [-0.2, -0.15) is 18.3 Å². The zero-order valence-electron chi connectivity index (χ0n) is 10.8. The normalized spacial score (nSPS) is 11.9. The third-order valence-electron chi connectivity index (χ3n) is 2.63. The lowest BCUT2D eigenvalue weighted by molar-refractivity contribution is -0.137. The van der Waals surface area contributed by atoms with Crippen molar-refractivity contribution >= 4 is 46.7 Å². The fraction of sp³-hybridized carbons (Fsp3) is 0.0714. The second-order valence-corrected chi connectivity index (χ2v) is 5.49. The van der Waals surface area contributed by atoms with Crippen molar-refractivity contribution in [1.82, 2.24) is 0 Å². The van der Waals surface area contributed by atoms with E-state index >= 15 is 0 Å². The number of nitrogens with zero attached hydrogens (tertiary/aromatic N) is 1. The highest BCUT2D eigenvalue weighted by Gasteiger charge is 2.29. The first kappa shape index (κ1) is 16.9. The number of hydrazone groups is 1. The zero-order valence-corrected chi connectivity index (χ0v) is 13.0. The highest BCUT2D eigenvalue weighted by Crippen LogP contribution is 2.33. The summed E-state index contributed by atoms with van der Waals surface area (Å²) in [6.45, 7) is 0. The van der Waals surface area contributed by atoms with Crippen molar-refractivity contribution in [2.24, 2.45) is 5.10 Å². The molecule has 0 bridgehead atoms. The molecule has 1 N–H and O–H groups in total. The van der Waals surface area contributed by atoms with Crippen LogP contribution in [0.25, 0.3) is 0 Å². The Morgan fingerprint density at radius 3 is 2.00 bits per heavy atom. The summed E-state index contributed by atoms with van der Waals surface area (Å²) in [5.41, 5.74) is 2.75. The van der Waals surface area contributed by atoms with E-state index in [-0.39, 0.29) is 10.0 Å². The molecule has 0 spiro atoms. The molecule has 2 nitrogen and oxygen atoms in total. The Hall–Kier alpha value is -1.43. The molecule has 0 fully saturated rings. The third-order valence-corrected chi connectivity index (χ3v) is 3.45. The van der Waals surface area contributed by atoms with Gasteiger partial charge >= 0.3 is 6.18 Å². The molecule has 0 heterocycles. The molecule has 116 valence electrons. The van der Waals surface area contributed by atoms with E-state index in [0.29, 0.717) is 16.3 Å². The minimum Gasteiger partial charge on any atom is -0.275 e. The van der Waals surface area contributed by atoms with E-state index in [2.05, 4.69) is 10.5 Å². The van der Waals surface area contributed by atoms with Crippen molar-refractivity contribution < 1.29 is 13.2 Å². The lowest BCUT2D eigenvalue weighted by Gasteiger charge is -2.07. The Balaban J connectivity index is 2.10. The van der Waals surface area contributed by atoms with Crippen LogP contribution in [0.4, 0.5) is 18.9 Å². The van der Waals surface area contributed by atoms with Crippen molar-refractivity contribution in [2.75, 3.05) is 5.43 Å². The zero-order chi connectivity index (χ0) is 16.3. The molecule has 0 radical (unpaired) electrons. The average molecular weight is 368 g/mol. The lowest BCUT2D eigenvalue weighted by Crippen LogP contribution is -2.04. The molecule has 0 saturated heterocycles. The molecule has 8 heteroatoms. The lowest BCUT2D eigenvalue weighted by atomic mass is 10.1. The molecule has 0 aliphatic carbocycles. The Morgan fingerprint density at radius 1 is 0.955 bits per heavy atom. The van der Waals surface area contributed by atoms with Gasteiger partial charge in [-0.1, -0.05) is 46.9 Å². The van der Waals surface area contributed by atoms with Crippen LogP contribution in [0.2, 0.25) is 15.1 Å². The minimum absolute atomic E-state index is 0.280. The van der Waals surface area contributed by atoms with Gasteiger partial charge in [0, 0.05) is 5.02 Å². The van der Waals surface area contributed by atoms with Gasteiger partial charge in [-0.3, -0.25) is 5.43 Å². The predicted octanol–water partition coefficient (Wildman–Crippen LogP) is 6.11. The largest absolute Gasteiger partial charge is 0.416 e. The van der Waals surface area contributed by atoms with Gasteiger partial charge in [0.1, 0.15) is 0 Å². The van der Waals surface area contributed by atoms with Gasteiger partial charge in [-0.25, -0.2) is 0 Å². The Morgan fingerprint density at radius 2 is 1.50 bits per heavy atom. The summed E-state index contributed by atoms with van der Waals surface area (Å²) in [5.74, 6) is 0. The summed E-state index contributed by atoms with van der Waals surface area (Å²) in [6, 6.07) is 7.54. The van der Waals surface area contributed by atoms with Gasteiger partial charge in [0.15, 0.2) is 0 Å². The fourth-order valence-electron chi connectivity index (χ4n) is 1.58. The summed E-state index contributed by atoms with van der Waals surface area (Å²) < 4.78 is 37.3.